The van der Waals surface area contributed by atoms with Gasteiger partial charge in [0.2, 0.25) is 0 Å². The maximum absolute atomic E-state index is 12.2. The molecular formula is C16H18O3. The standard InChI is InChI=1S/C16H18O3/c1-10-2-3-12-11(8-10)14(17)19-13-9-15(18)4-6-16(12,13)7-5-15/h2-3,8,13,18H,4-7,9H2,1H3/t13-,15-,16+/m0/s1. The summed E-state index contributed by atoms with van der Waals surface area (Å²) in [4.78, 5) is 12.2. The fourth-order valence-electron chi connectivity index (χ4n) is 4.28. The summed E-state index contributed by atoms with van der Waals surface area (Å²) >= 11 is 0. The molecule has 3 nitrogen and oxygen atoms in total. The Kier molecular flexibility index (Phi) is 2.05. The van der Waals surface area contributed by atoms with E-state index in [4.69, 9.17) is 4.74 Å². The van der Waals surface area contributed by atoms with Crippen LogP contribution in [0.2, 0.25) is 0 Å². The molecule has 3 aliphatic carbocycles. The van der Waals surface area contributed by atoms with Crippen LogP contribution >= 0.6 is 0 Å². The van der Waals surface area contributed by atoms with Gasteiger partial charge in [0.25, 0.3) is 0 Å². The molecule has 1 aliphatic heterocycles. The molecule has 19 heavy (non-hydrogen) atoms. The first-order chi connectivity index (χ1) is 9.02. The molecule has 0 radical (unpaired) electrons. The first kappa shape index (κ1) is 11.5. The topological polar surface area (TPSA) is 46.5 Å². The Labute approximate surface area is 112 Å². The largest absolute Gasteiger partial charge is 0.458 e. The molecule has 100 valence electrons. The van der Waals surface area contributed by atoms with Crippen LogP contribution in [-0.4, -0.2) is 22.8 Å². The van der Waals surface area contributed by atoms with Gasteiger partial charge in [0, 0.05) is 11.8 Å². The van der Waals surface area contributed by atoms with E-state index in [9.17, 15) is 9.90 Å². The monoisotopic (exact) mass is 258 g/mol. The Hall–Kier alpha value is -1.35. The lowest BCUT2D eigenvalue weighted by Gasteiger charge is -2.57. The molecule has 0 unspecified atom stereocenters. The summed E-state index contributed by atoms with van der Waals surface area (Å²) in [7, 11) is 0. The Morgan fingerprint density at radius 3 is 2.74 bits per heavy atom. The van der Waals surface area contributed by atoms with Crippen LogP contribution in [0, 0.1) is 6.92 Å². The second kappa shape index (κ2) is 3.40. The van der Waals surface area contributed by atoms with Gasteiger partial charge in [-0.25, -0.2) is 4.79 Å². The molecule has 1 aromatic rings. The quantitative estimate of drug-likeness (QED) is 0.727. The number of esters is 1. The molecule has 0 aromatic heterocycles. The van der Waals surface area contributed by atoms with Gasteiger partial charge in [-0.2, -0.15) is 0 Å². The molecule has 3 saturated carbocycles. The van der Waals surface area contributed by atoms with Crippen molar-refractivity contribution in [2.24, 2.45) is 0 Å². The maximum Gasteiger partial charge on any atom is 0.338 e. The number of fused-ring (bicyclic) bond motifs is 3. The molecule has 3 fully saturated rings. The lowest BCUT2D eigenvalue weighted by Crippen LogP contribution is -2.60. The Bertz CT molecular complexity index is 567. The third-order valence-corrected chi connectivity index (χ3v) is 5.44. The number of aryl methyl sites for hydroxylation is 1. The van der Waals surface area contributed by atoms with E-state index in [2.05, 4.69) is 12.1 Å². The van der Waals surface area contributed by atoms with Crippen molar-refractivity contribution in [2.45, 2.75) is 56.1 Å². The molecule has 0 saturated heterocycles. The number of ether oxygens (including phenoxy) is 1. The molecule has 1 N–H and O–H groups in total. The van der Waals surface area contributed by atoms with Crippen LogP contribution in [0.3, 0.4) is 0 Å². The average molecular weight is 258 g/mol. The van der Waals surface area contributed by atoms with Gasteiger partial charge in [0.1, 0.15) is 6.10 Å². The summed E-state index contributed by atoms with van der Waals surface area (Å²) in [6, 6.07) is 6.13. The summed E-state index contributed by atoms with van der Waals surface area (Å²) in [5, 5.41) is 10.4. The molecule has 1 spiro atoms. The number of carbonyl (C=O) groups is 1. The highest BCUT2D eigenvalue weighted by Gasteiger charge is 2.59. The zero-order valence-corrected chi connectivity index (χ0v) is 11.1. The van der Waals surface area contributed by atoms with Gasteiger partial charge in [-0.15, -0.1) is 0 Å². The number of carbonyl (C=O) groups excluding carboxylic acids is 1. The smallest absolute Gasteiger partial charge is 0.338 e. The predicted octanol–water partition coefficient (Wildman–Crippen LogP) is 2.48. The lowest BCUT2D eigenvalue weighted by molar-refractivity contribution is -0.137. The number of hydrogen-bond donors (Lipinski definition) is 1. The van der Waals surface area contributed by atoms with Crippen molar-refractivity contribution in [1.82, 2.24) is 0 Å². The number of hydrogen-bond acceptors (Lipinski definition) is 3. The average Bonchev–Trinajstić information content (AvgIpc) is 2.38. The van der Waals surface area contributed by atoms with E-state index in [-0.39, 0.29) is 17.5 Å². The van der Waals surface area contributed by atoms with Gasteiger partial charge in [-0.1, -0.05) is 17.7 Å². The van der Waals surface area contributed by atoms with E-state index in [0.29, 0.717) is 6.42 Å². The normalized spacial score (nSPS) is 39.5. The van der Waals surface area contributed by atoms with E-state index in [0.717, 1.165) is 42.4 Å². The van der Waals surface area contributed by atoms with Crippen LogP contribution in [0.4, 0.5) is 0 Å². The van der Waals surface area contributed by atoms with Crippen LogP contribution in [0.25, 0.3) is 0 Å². The zero-order valence-electron chi connectivity index (χ0n) is 11.1. The first-order valence-corrected chi connectivity index (χ1v) is 7.07. The zero-order chi connectivity index (χ0) is 13.3. The molecule has 2 bridgehead atoms. The van der Waals surface area contributed by atoms with Crippen molar-refractivity contribution in [2.75, 3.05) is 0 Å². The Morgan fingerprint density at radius 1 is 1.26 bits per heavy atom. The fourth-order valence-corrected chi connectivity index (χ4v) is 4.28. The van der Waals surface area contributed by atoms with Gasteiger partial charge < -0.3 is 9.84 Å². The molecular weight excluding hydrogens is 240 g/mol. The second-order valence-corrected chi connectivity index (χ2v) is 6.53. The van der Waals surface area contributed by atoms with Gasteiger partial charge in [-0.3, -0.25) is 0 Å². The van der Waals surface area contributed by atoms with Crippen molar-refractivity contribution >= 4 is 5.97 Å². The van der Waals surface area contributed by atoms with E-state index in [1.807, 2.05) is 13.0 Å². The summed E-state index contributed by atoms with van der Waals surface area (Å²) < 4.78 is 5.66. The van der Waals surface area contributed by atoms with Gasteiger partial charge in [-0.05, 0) is 44.2 Å². The first-order valence-electron chi connectivity index (χ1n) is 7.07. The minimum Gasteiger partial charge on any atom is -0.458 e. The van der Waals surface area contributed by atoms with E-state index >= 15 is 0 Å². The van der Waals surface area contributed by atoms with Crippen LogP contribution in [0.1, 0.15) is 53.6 Å². The number of benzene rings is 1. The Morgan fingerprint density at radius 2 is 2.00 bits per heavy atom. The fraction of sp³-hybridized carbons (Fsp3) is 0.562. The molecule has 0 amide bonds. The lowest BCUT2D eigenvalue weighted by atomic mass is 9.53. The summed E-state index contributed by atoms with van der Waals surface area (Å²) in [6.07, 6.45) is 3.98. The van der Waals surface area contributed by atoms with Crippen molar-refractivity contribution in [3.63, 3.8) is 0 Å². The van der Waals surface area contributed by atoms with Crippen LogP contribution < -0.4 is 0 Å². The van der Waals surface area contributed by atoms with Crippen LogP contribution in [0.5, 0.6) is 0 Å². The Balaban J connectivity index is 1.90. The van der Waals surface area contributed by atoms with Crippen LogP contribution in [0.15, 0.2) is 18.2 Å². The number of rotatable bonds is 0. The highest BCUT2D eigenvalue weighted by molar-refractivity contribution is 5.93. The third-order valence-electron chi connectivity index (χ3n) is 5.44. The van der Waals surface area contributed by atoms with Crippen molar-refractivity contribution in [1.29, 1.82) is 0 Å². The number of aliphatic hydroxyl groups is 1. The van der Waals surface area contributed by atoms with Gasteiger partial charge in [0.15, 0.2) is 0 Å². The van der Waals surface area contributed by atoms with E-state index in [1.54, 1.807) is 0 Å². The molecule has 1 heterocycles. The van der Waals surface area contributed by atoms with E-state index in [1.165, 1.54) is 0 Å². The molecule has 1 atom stereocenters. The molecule has 4 aliphatic rings. The highest BCUT2D eigenvalue weighted by Crippen LogP contribution is 2.57. The predicted molar refractivity (Wildman–Crippen MR) is 70.1 cm³/mol. The van der Waals surface area contributed by atoms with Crippen molar-refractivity contribution < 1.29 is 14.6 Å². The third kappa shape index (κ3) is 1.39. The maximum atomic E-state index is 12.2. The van der Waals surface area contributed by atoms with Crippen molar-refractivity contribution in [3.05, 3.63) is 34.9 Å². The van der Waals surface area contributed by atoms with E-state index < -0.39 is 5.60 Å². The molecule has 3 heteroatoms. The summed E-state index contributed by atoms with van der Waals surface area (Å²) in [5.74, 6) is -0.217. The van der Waals surface area contributed by atoms with Gasteiger partial charge >= 0.3 is 5.97 Å². The molecule has 5 rings (SSSR count). The van der Waals surface area contributed by atoms with Gasteiger partial charge in [0.05, 0.1) is 11.2 Å². The SMILES string of the molecule is Cc1ccc2c(c1)C(=O)O[C@H]1C[C@]3(O)CC[C@@]21CC3. The minimum absolute atomic E-state index is 0.0403. The highest BCUT2D eigenvalue weighted by atomic mass is 16.5. The second-order valence-electron chi connectivity index (χ2n) is 6.53. The van der Waals surface area contributed by atoms with Crippen molar-refractivity contribution in [3.8, 4) is 0 Å². The summed E-state index contributed by atoms with van der Waals surface area (Å²) in [5.41, 5.74) is 2.34. The summed E-state index contributed by atoms with van der Waals surface area (Å²) in [6.45, 7) is 2.00. The minimum atomic E-state index is -0.602. The van der Waals surface area contributed by atoms with Crippen LogP contribution in [-0.2, 0) is 10.2 Å². The molecule has 1 aromatic carbocycles.